The van der Waals surface area contributed by atoms with Crippen LogP contribution in [0.4, 0.5) is 11.6 Å². The number of piperidine rings is 1. The summed E-state index contributed by atoms with van der Waals surface area (Å²) in [6, 6.07) is 6.53. The van der Waals surface area contributed by atoms with Gasteiger partial charge in [0.1, 0.15) is 24.1 Å². The molecule has 0 radical (unpaired) electrons. The topological polar surface area (TPSA) is 106 Å². The minimum atomic E-state index is -0.152. The van der Waals surface area contributed by atoms with Crippen LogP contribution in [0.5, 0.6) is 5.75 Å². The zero-order valence-electron chi connectivity index (χ0n) is 23.4. The Morgan fingerprint density at radius 3 is 2.85 bits per heavy atom. The Labute approximate surface area is 244 Å². The fourth-order valence-electron chi connectivity index (χ4n) is 6.96. The van der Waals surface area contributed by atoms with Crippen molar-refractivity contribution >= 4 is 23.4 Å². The first-order valence-corrected chi connectivity index (χ1v) is 15.2. The van der Waals surface area contributed by atoms with Crippen LogP contribution in [0.25, 0.3) is 0 Å². The van der Waals surface area contributed by atoms with Crippen LogP contribution in [0.1, 0.15) is 36.2 Å². The van der Waals surface area contributed by atoms with Gasteiger partial charge in [-0.3, -0.25) is 4.98 Å². The van der Waals surface area contributed by atoms with Crippen molar-refractivity contribution in [1.29, 1.82) is 0 Å². The summed E-state index contributed by atoms with van der Waals surface area (Å²) in [6.45, 7) is 4.14. The van der Waals surface area contributed by atoms with Crippen molar-refractivity contribution in [3.8, 4) is 5.75 Å². The van der Waals surface area contributed by atoms with Gasteiger partial charge in [0.2, 0.25) is 0 Å². The number of aromatic nitrogens is 4. The molecule has 3 aromatic heterocycles. The molecule has 1 spiro atoms. The molecule has 2 atom stereocenters. The van der Waals surface area contributed by atoms with E-state index >= 15 is 0 Å². The van der Waals surface area contributed by atoms with Crippen LogP contribution >= 0.6 is 11.8 Å². The minimum Gasteiger partial charge on any atom is -0.486 e. The van der Waals surface area contributed by atoms with Crippen molar-refractivity contribution in [3.63, 3.8) is 0 Å². The highest BCUT2D eigenvalue weighted by molar-refractivity contribution is 7.99. The first-order valence-electron chi connectivity index (χ1n) is 14.4. The van der Waals surface area contributed by atoms with Gasteiger partial charge in [-0.25, -0.2) is 15.0 Å². The van der Waals surface area contributed by atoms with E-state index in [2.05, 4.69) is 25.8 Å². The van der Waals surface area contributed by atoms with Crippen molar-refractivity contribution in [2.75, 3.05) is 56.6 Å². The number of pyridine rings is 2. The van der Waals surface area contributed by atoms with Gasteiger partial charge in [-0.05, 0) is 55.2 Å². The van der Waals surface area contributed by atoms with E-state index in [1.807, 2.05) is 30.7 Å². The Morgan fingerprint density at radius 2 is 2.02 bits per heavy atom. The van der Waals surface area contributed by atoms with Gasteiger partial charge < -0.3 is 29.1 Å². The normalized spacial score (nSPS) is 22.4. The molecular weight excluding hydrogens is 540 g/mol. The fraction of sp³-hybridized carbons (Fsp3) is 0.533. The third kappa shape index (κ3) is 5.24. The van der Waals surface area contributed by atoms with Crippen molar-refractivity contribution in [2.45, 2.75) is 54.7 Å². The molecule has 3 aliphatic heterocycles. The monoisotopic (exact) mass is 576 g/mol. The van der Waals surface area contributed by atoms with Gasteiger partial charge in [-0.2, -0.15) is 0 Å². The van der Waals surface area contributed by atoms with Crippen molar-refractivity contribution in [2.24, 2.45) is 11.3 Å². The maximum absolute atomic E-state index is 10.3. The van der Waals surface area contributed by atoms with E-state index in [9.17, 15) is 5.11 Å². The molecule has 10 nitrogen and oxygen atoms in total. The van der Waals surface area contributed by atoms with E-state index in [0.29, 0.717) is 43.1 Å². The van der Waals surface area contributed by atoms with Crippen molar-refractivity contribution in [3.05, 3.63) is 53.7 Å². The van der Waals surface area contributed by atoms with Crippen LogP contribution in [0, 0.1) is 11.3 Å². The third-order valence-electron chi connectivity index (χ3n) is 8.98. The Morgan fingerprint density at radius 1 is 1.12 bits per heavy atom. The molecule has 0 amide bonds. The molecule has 1 N–H and O–H groups in total. The number of rotatable bonds is 8. The summed E-state index contributed by atoms with van der Waals surface area (Å²) in [5, 5.41) is 11.0. The number of ether oxygens (including phenoxy) is 3. The van der Waals surface area contributed by atoms with Gasteiger partial charge in [0.05, 0.1) is 30.3 Å². The Balaban J connectivity index is 1.03. The minimum absolute atomic E-state index is 0.152. The van der Waals surface area contributed by atoms with Gasteiger partial charge in [0.15, 0.2) is 17.4 Å². The van der Waals surface area contributed by atoms with Gasteiger partial charge >= 0.3 is 0 Å². The summed E-state index contributed by atoms with van der Waals surface area (Å²) >= 11 is 1.50. The number of anilines is 2. The summed E-state index contributed by atoms with van der Waals surface area (Å²) in [4.78, 5) is 24.5. The molecule has 2 saturated heterocycles. The average molecular weight is 577 g/mol. The van der Waals surface area contributed by atoms with Crippen LogP contribution in [-0.2, 0) is 28.9 Å². The number of nitrogens with zero attached hydrogens (tertiary/aromatic N) is 6. The highest BCUT2D eigenvalue weighted by Gasteiger charge is 2.41. The zero-order chi connectivity index (χ0) is 27.8. The number of fused-ring (bicyclic) bond motifs is 4. The zero-order valence-corrected chi connectivity index (χ0v) is 24.2. The summed E-state index contributed by atoms with van der Waals surface area (Å²) in [5.74, 6) is 2.87. The second-order valence-corrected chi connectivity index (χ2v) is 12.7. The highest BCUT2D eigenvalue weighted by atomic mass is 32.2. The lowest BCUT2D eigenvalue weighted by Gasteiger charge is -2.40. The highest BCUT2D eigenvalue weighted by Crippen LogP contribution is 2.46. The van der Waals surface area contributed by atoms with Crippen LogP contribution in [0.15, 0.2) is 46.7 Å². The second-order valence-electron chi connectivity index (χ2n) is 11.6. The fourth-order valence-corrected chi connectivity index (χ4v) is 7.82. The number of methoxy groups -OCH3 is 1. The van der Waals surface area contributed by atoms with E-state index < -0.39 is 0 Å². The molecule has 6 heterocycles. The molecule has 7 rings (SSSR count). The van der Waals surface area contributed by atoms with E-state index in [1.54, 1.807) is 7.11 Å². The van der Waals surface area contributed by atoms with Crippen LogP contribution in [0.2, 0.25) is 0 Å². The molecule has 216 valence electrons. The lowest BCUT2D eigenvalue weighted by Crippen LogP contribution is -2.41. The van der Waals surface area contributed by atoms with Gasteiger partial charge in [0, 0.05) is 50.7 Å². The second kappa shape index (κ2) is 11.4. The quantitative estimate of drug-likeness (QED) is 0.315. The molecular formula is C30H36N6O4S. The lowest BCUT2D eigenvalue weighted by molar-refractivity contribution is -0.0414. The SMILES string of the molecule is COCOCC1CC2COc3c(Sc4cnc(N5CCC6(CC5)Cc5cccnc5C6)c(CO)n4)ccnc3N2C1. The molecule has 4 aliphatic rings. The maximum Gasteiger partial charge on any atom is 0.175 e. The number of aliphatic hydroxyl groups excluding tert-OH is 1. The summed E-state index contributed by atoms with van der Waals surface area (Å²) in [7, 11) is 1.64. The van der Waals surface area contributed by atoms with Crippen molar-refractivity contribution < 1.29 is 19.3 Å². The molecule has 1 aliphatic carbocycles. The molecule has 3 aromatic rings. The molecule has 0 aromatic carbocycles. The first-order chi connectivity index (χ1) is 20.1. The molecule has 11 heteroatoms. The molecule has 2 unspecified atom stereocenters. The summed E-state index contributed by atoms with van der Waals surface area (Å²) in [5.41, 5.74) is 3.57. The van der Waals surface area contributed by atoms with Crippen LogP contribution in [0.3, 0.4) is 0 Å². The Hall–Kier alpha value is -2.99. The van der Waals surface area contributed by atoms with E-state index in [4.69, 9.17) is 24.2 Å². The summed E-state index contributed by atoms with van der Waals surface area (Å²) < 4.78 is 16.9. The Bertz CT molecular complexity index is 1370. The molecule has 2 fully saturated rings. The molecule has 0 saturated carbocycles. The van der Waals surface area contributed by atoms with Crippen LogP contribution in [-0.4, -0.2) is 77.8 Å². The van der Waals surface area contributed by atoms with Gasteiger partial charge in [-0.1, -0.05) is 17.8 Å². The smallest absolute Gasteiger partial charge is 0.175 e. The van der Waals surface area contributed by atoms with Gasteiger partial charge in [-0.15, -0.1) is 0 Å². The average Bonchev–Trinajstić information content (AvgIpc) is 3.59. The van der Waals surface area contributed by atoms with Crippen LogP contribution < -0.4 is 14.5 Å². The summed E-state index contributed by atoms with van der Waals surface area (Å²) in [6.07, 6.45) is 10.9. The number of hydrogen-bond acceptors (Lipinski definition) is 11. The molecule has 0 bridgehead atoms. The molecule has 41 heavy (non-hydrogen) atoms. The first kappa shape index (κ1) is 26.9. The van der Waals surface area contributed by atoms with Crippen molar-refractivity contribution in [1.82, 2.24) is 19.9 Å². The maximum atomic E-state index is 10.3. The lowest BCUT2D eigenvalue weighted by atomic mass is 9.76. The van der Waals surface area contributed by atoms with E-state index in [-0.39, 0.29) is 6.61 Å². The van der Waals surface area contributed by atoms with E-state index in [1.165, 1.54) is 23.0 Å². The van der Waals surface area contributed by atoms with Gasteiger partial charge in [0.25, 0.3) is 0 Å². The van der Waals surface area contributed by atoms with E-state index in [0.717, 1.165) is 79.0 Å². The number of aliphatic hydroxyl groups is 1. The predicted molar refractivity (Wildman–Crippen MR) is 154 cm³/mol. The standard InChI is InChI=1S/C30H36N6O4S/c1-38-19-39-17-20-11-22-18-40-27-25(4-8-32-29(27)36(22)15-20)41-26-14-33-28(24(16-37)34-26)35-9-5-30(6-10-35)12-21-3-2-7-31-23(21)13-30/h2-4,7-8,14,20,22,37H,5-6,9-13,15-19H2,1H3. The third-order valence-corrected chi connectivity index (χ3v) is 9.93. The Kier molecular flexibility index (Phi) is 7.44. The largest absolute Gasteiger partial charge is 0.486 e. The number of hydrogen-bond donors (Lipinski definition) is 1. The predicted octanol–water partition coefficient (Wildman–Crippen LogP) is 3.50.